The van der Waals surface area contributed by atoms with Gasteiger partial charge >= 0.3 is 6.18 Å². The van der Waals surface area contributed by atoms with Crippen molar-refractivity contribution in [2.24, 2.45) is 5.73 Å². The number of alkyl halides is 3. The van der Waals surface area contributed by atoms with Gasteiger partial charge in [0.2, 0.25) is 0 Å². The quantitative estimate of drug-likeness (QED) is 0.856. The molecule has 0 amide bonds. The molecule has 19 heavy (non-hydrogen) atoms. The second kappa shape index (κ2) is 6.25. The van der Waals surface area contributed by atoms with Crippen LogP contribution in [0.2, 0.25) is 0 Å². The average Bonchev–Trinajstić information content (AvgIpc) is 2.66. The van der Waals surface area contributed by atoms with Gasteiger partial charge in [-0.05, 0) is 14.1 Å². The monoisotopic (exact) mass is 280 g/mol. The van der Waals surface area contributed by atoms with Gasteiger partial charge in [-0.2, -0.15) is 18.3 Å². The number of aromatic nitrogens is 2. The van der Waals surface area contributed by atoms with Crippen molar-refractivity contribution in [1.29, 1.82) is 0 Å². The molecule has 0 radical (unpaired) electrons. The topological polar surface area (TPSA) is 56.3 Å². The van der Waals surface area contributed by atoms with E-state index in [1.54, 1.807) is 0 Å². The predicted octanol–water partition coefficient (Wildman–Crippen LogP) is 1.41. The van der Waals surface area contributed by atoms with Crippen LogP contribution in [-0.4, -0.2) is 48.6 Å². The molecular formula is C11H19F3N4O. The van der Waals surface area contributed by atoms with Crippen LogP contribution in [0.4, 0.5) is 13.2 Å². The molecule has 110 valence electrons. The summed E-state index contributed by atoms with van der Waals surface area (Å²) < 4.78 is 43.8. The molecule has 1 unspecified atom stereocenters. The van der Waals surface area contributed by atoms with E-state index in [0.29, 0.717) is 13.1 Å². The molecule has 1 aromatic rings. The van der Waals surface area contributed by atoms with E-state index in [2.05, 4.69) is 5.10 Å². The maximum absolute atomic E-state index is 12.4. The first-order valence-electron chi connectivity index (χ1n) is 5.81. The number of ether oxygens (including phenoxy) is 1. The van der Waals surface area contributed by atoms with Gasteiger partial charge in [-0.15, -0.1) is 0 Å². The summed E-state index contributed by atoms with van der Waals surface area (Å²) in [5, 5.41) is 4.03. The number of hydrogen-bond acceptors (Lipinski definition) is 4. The van der Waals surface area contributed by atoms with Crippen LogP contribution in [0.15, 0.2) is 6.20 Å². The Bertz CT molecular complexity index is 403. The maximum Gasteiger partial charge on any atom is 0.390 e. The first kappa shape index (κ1) is 15.8. The molecule has 1 heterocycles. The number of hydrogen-bond donors (Lipinski definition) is 1. The Kier molecular flexibility index (Phi) is 5.19. The van der Waals surface area contributed by atoms with Crippen molar-refractivity contribution in [3.8, 4) is 5.75 Å². The Labute approximate surface area is 110 Å². The lowest BCUT2D eigenvalue weighted by molar-refractivity contribution is -0.138. The first-order valence-corrected chi connectivity index (χ1v) is 5.81. The number of likely N-dealkylation sites (N-methyl/N-ethyl adjacent to an activating group) is 1. The standard InChI is InChI=1S/C11H19F3N4O/c1-17(2)4-5-18-10(9(19-3)7-16-18)8(15)6-11(12,13)14/h7-8H,4-6,15H2,1-3H3. The average molecular weight is 280 g/mol. The fraction of sp³-hybridized carbons (Fsp3) is 0.727. The second-order valence-corrected chi connectivity index (χ2v) is 4.55. The van der Waals surface area contributed by atoms with Gasteiger partial charge < -0.3 is 15.4 Å². The van der Waals surface area contributed by atoms with Crippen LogP contribution >= 0.6 is 0 Å². The highest BCUT2D eigenvalue weighted by Crippen LogP contribution is 2.32. The molecule has 2 N–H and O–H groups in total. The Morgan fingerprint density at radius 2 is 2.11 bits per heavy atom. The van der Waals surface area contributed by atoms with Gasteiger partial charge in [0.1, 0.15) is 0 Å². The molecule has 0 aliphatic heterocycles. The molecule has 0 spiro atoms. The van der Waals surface area contributed by atoms with Crippen LogP contribution in [0.1, 0.15) is 18.2 Å². The smallest absolute Gasteiger partial charge is 0.390 e. The molecule has 0 aliphatic rings. The summed E-state index contributed by atoms with van der Waals surface area (Å²) >= 11 is 0. The van der Waals surface area contributed by atoms with Crippen LogP contribution in [0.5, 0.6) is 5.75 Å². The molecule has 0 bridgehead atoms. The van der Waals surface area contributed by atoms with Crippen LogP contribution < -0.4 is 10.5 Å². The van der Waals surface area contributed by atoms with Gasteiger partial charge in [0.05, 0.1) is 38.0 Å². The normalized spacial score (nSPS) is 13.9. The van der Waals surface area contributed by atoms with Crippen molar-refractivity contribution >= 4 is 0 Å². The molecular weight excluding hydrogens is 261 g/mol. The van der Waals surface area contributed by atoms with Crippen LogP contribution in [0.3, 0.4) is 0 Å². The van der Waals surface area contributed by atoms with Crippen molar-refractivity contribution in [1.82, 2.24) is 14.7 Å². The summed E-state index contributed by atoms with van der Waals surface area (Å²) in [6.07, 6.45) is -4.03. The zero-order valence-electron chi connectivity index (χ0n) is 11.2. The minimum atomic E-state index is -4.32. The number of nitrogens with two attached hydrogens (primary N) is 1. The minimum absolute atomic E-state index is 0.279. The maximum atomic E-state index is 12.4. The summed E-state index contributed by atoms with van der Waals surface area (Å²) in [6, 6.07) is -1.18. The second-order valence-electron chi connectivity index (χ2n) is 4.55. The van der Waals surface area contributed by atoms with Gasteiger partial charge in [-0.1, -0.05) is 0 Å². The zero-order chi connectivity index (χ0) is 14.6. The van der Waals surface area contributed by atoms with E-state index in [0.717, 1.165) is 0 Å². The molecule has 1 rings (SSSR count). The molecule has 0 aromatic carbocycles. The largest absolute Gasteiger partial charge is 0.493 e. The minimum Gasteiger partial charge on any atom is -0.493 e. The molecule has 0 saturated carbocycles. The molecule has 0 fully saturated rings. The van der Waals surface area contributed by atoms with Crippen LogP contribution in [0.25, 0.3) is 0 Å². The van der Waals surface area contributed by atoms with Crippen LogP contribution in [0, 0.1) is 0 Å². The van der Waals surface area contributed by atoms with Gasteiger partial charge in [-0.25, -0.2) is 0 Å². The molecule has 5 nitrogen and oxygen atoms in total. The van der Waals surface area contributed by atoms with E-state index in [1.165, 1.54) is 18.0 Å². The SMILES string of the molecule is COc1cnn(CCN(C)C)c1C(N)CC(F)(F)F. The van der Waals surface area contributed by atoms with Crippen molar-refractivity contribution < 1.29 is 17.9 Å². The molecule has 0 aliphatic carbocycles. The lowest BCUT2D eigenvalue weighted by Crippen LogP contribution is -2.26. The van der Waals surface area contributed by atoms with Gasteiger partial charge in [0.25, 0.3) is 0 Å². The highest BCUT2D eigenvalue weighted by Gasteiger charge is 2.33. The van der Waals surface area contributed by atoms with E-state index in [4.69, 9.17) is 10.5 Å². The zero-order valence-corrected chi connectivity index (χ0v) is 11.2. The third kappa shape index (κ3) is 4.71. The van der Waals surface area contributed by atoms with Crippen molar-refractivity contribution in [3.05, 3.63) is 11.9 Å². The number of nitrogens with zero attached hydrogens (tertiary/aromatic N) is 3. The predicted molar refractivity (Wildman–Crippen MR) is 64.9 cm³/mol. The van der Waals surface area contributed by atoms with E-state index in [1.807, 2.05) is 19.0 Å². The van der Waals surface area contributed by atoms with Crippen molar-refractivity contribution in [3.63, 3.8) is 0 Å². The molecule has 0 saturated heterocycles. The molecule has 1 atom stereocenters. The Hall–Kier alpha value is -1.28. The third-order valence-electron chi connectivity index (χ3n) is 2.63. The Morgan fingerprint density at radius 3 is 2.58 bits per heavy atom. The van der Waals surface area contributed by atoms with E-state index in [9.17, 15) is 13.2 Å². The summed E-state index contributed by atoms with van der Waals surface area (Å²) in [5.41, 5.74) is 5.91. The first-order chi connectivity index (χ1) is 8.74. The van der Waals surface area contributed by atoms with Gasteiger partial charge in [0, 0.05) is 6.54 Å². The summed E-state index contributed by atoms with van der Waals surface area (Å²) in [5.74, 6) is 0.288. The molecule has 8 heteroatoms. The third-order valence-corrected chi connectivity index (χ3v) is 2.63. The summed E-state index contributed by atoms with van der Waals surface area (Å²) in [7, 11) is 5.13. The van der Waals surface area contributed by atoms with E-state index < -0.39 is 18.6 Å². The van der Waals surface area contributed by atoms with Gasteiger partial charge in [0.15, 0.2) is 5.75 Å². The van der Waals surface area contributed by atoms with E-state index in [-0.39, 0.29) is 11.4 Å². The molecule has 1 aromatic heterocycles. The highest BCUT2D eigenvalue weighted by atomic mass is 19.4. The van der Waals surface area contributed by atoms with Gasteiger partial charge in [-0.3, -0.25) is 4.68 Å². The number of rotatable bonds is 6. The summed E-state index contributed by atoms with van der Waals surface area (Å²) in [4.78, 5) is 1.91. The lowest BCUT2D eigenvalue weighted by atomic mass is 10.1. The van der Waals surface area contributed by atoms with E-state index >= 15 is 0 Å². The number of halogens is 3. The number of methoxy groups -OCH3 is 1. The fourth-order valence-corrected chi connectivity index (χ4v) is 1.73. The lowest BCUT2D eigenvalue weighted by Gasteiger charge is -2.18. The fourth-order valence-electron chi connectivity index (χ4n) is 1.73. The van der Waals surface area contributed by atoms with Crippen LogP contribution in [-0.2, 0) is 6.54 Å². The summed E-state index contributed by atoms with van der Waals surface area (Å²) in [6.45, 7) is 1.10. The Morgan fingerprint density at radius 1 is 1.47 bits per heavy atom. The van der Waals surface area contributed by atoms with Crippen molar-refractivity contribution in [2.75, 3.05) is 27.7 Å². The van der Waals surface area contributed by atoms with Crippen molar-refractivity contribution in [2.45, 2.75) is 25.2 Å². The Balaban J connectivity index is 2.92. The highest BCUT2D eigenvalue weighted by molar-refractivity contribution is 5.28.